The number of para-hydroxylation sites is 1. The van der Waals surface area contributed by atoms with Crippen molar-refractivity contribution in [2.24, 2.45) is 0 Å². The normalized spacial score (nSPS) is 15.2. The number of imidazole rings is 1. The molecule has 2 aromatic carbocycles. The first-order valence-electron chi connectivity index (χ1n) is 9.87. The van der Waals surface area contributed by atoms with Crippen LogP contribution in [0, 0.1) is 11.3 Å². The Hall–Kier alpha value is -4.15. The van der Waals surface area contributed by atoms with E-state index in [-0.39, 0.29) is 12.6 Å². The molecule has 3 heterocycles. The number of aliphatic hydroxyl groups is 1. The van der Waals surface area contributed by atoms with E-state index in [1.54, 1.807) is 24.4 Å². The Kier molecular flexibility index (Phi) is 4.62. The summed E-state index contributed by atoms with van der Waals surface area (Å²) < 4.78 is 6.11. The molecule has 0 unspecified atom stereocenters. The van der Waals surface area contributed by atoms with Gasteiger partial charge in [-0.3, -0.25) is 0 Å². The maximum atomic E-state index is 10.0. The average Bonchev–Trinajstić information content (AvgIpc) is 3.25. The molecule has 0 spiro atoms. The third-order valence-electron chi connectivity index (χ3n) is 5.38. The highest BCUT2D eigenvalue weighted by Gasteiger charge is 2.32. The quantitative estimate of drug-likeness (QED) is 0.528. The average molecular weight is 409 g/mol. The number of H-pyrrole nitrogens is 1. The number of rotatable bonds is 4. The monoisotopic (exact) mass is 409 g/mol. The summed E-state index contributed by atoms with van der Waals surface area (Å²) in [7, 11) is 0. The Morgan fingerprint density at radius 2 is 2.19 bits per heavy atom. The largest absolute Gasteiger partial charge is 0.488 e. The highest BCUT2D eigenvalue weighted by Crippen LogP contribution is 2.44. The molecule has 0 aliphatic carbocycles. The predicted octanol–water partition coefficient (Wildman–Crippen LogP) is 4.03. The highest BCUT2D eigenvalue weighted by molar-refractivity contribution is 5.86. The van der Waals surface area contributed by atoms with Gasteiger partial charge in [0.25, 0.3) is 0 Å². The van der Waals surface area contributed by atoms with Crippen LogP contribution in [-0.4, -0.2) is 39.3 Å². The number of nitrogens with one attached hydrogen (secondary N) is 1. The molecule has 31 heavy (non-hydrogen) atoms. The fraction of sp³-hybridized carbons (Fsp3) is 0.125. The number of benzene rings is 2. The van der Waals surface area contributed by atoms with Crippen LogP contribution < -0.4 is 9.64 Å². The Balaban J connectivity index is 1.68. The Morgan fingerprint density at radius 1 is 1.29 bits per heavy atom. The molecule has 0 amide bonds. The maximum Gasteiger partial charge on any atom is 0.154 e. The van der Waals surface area contributed by atoms with E-state index in [2.05, 4.69) is 22.6 Å². The summed E-state index contributed by atoms with van der Waals surface area (Å²) in [5.74, 6) is 2.02. The van der Waals surface area contributed by atoms with Crippen LogP contribution in [0.25, 0.3) is 28.5 Å². The Bertz CT molecular complexity index is 1340. The molecular weight excluding hydrogens is 390 g/mol. The van der Waals surface area contributed by atoms with E-state index in [9.17, 15) is 5.11 Å². The fourth-order valence-electron chi connectivity index (χ4n) is 3.90. The molecule has 7 heteroatoms. The number of hydrogen-bond donors (Lipinski definition) is 2. The van der Waals surface area contributed by atoms with Gasteiger partial charge in [0.1, 0.15) is 18.2 Å². The first-order chi connectivity index (χ1) is 15.2. The Labute approximate surface area is 178 Å². The molecule has 7 nitrogen and oxygen atoms in total. The molecule has 5 rings (SSSR count). The third kappa shape index (κ3) is 3.10. The van der Waals surface area contributed by atoms with Crippen molar-refractivity contribution in [1.82, 2.24) is 15.0 Å². The number of fused-ring (bicyclic) bond motifs is 2. The molecule has 0 saturated heterocycles. The van der Waals surface area contributed by atoms with E-state index in [0.29, 0.717) is 29.6 Å². The molecule has 1 aliphatic heterocycles. The Morgan fingerprint density at radius 3 is 3.00 bits per heavy atom. The molecule has 0 fully saturated rings. The second kappa shape index (κ2) is 7.59. The van der Waals surface area contributed by atoms with E-state index in [0.717, 1.165) is 27.8 Å². The van der Waals surface area contributed by atoms with Crippen molar-refractivity contribution in [3.63, 3.8) is 0 Å². The molecule has 152 valence electrons. The molecule has 1 aliphatic rings. The van der Waals surface area contributed by atoms with Gasteiger partial charge < -0.3 is 19.7 Å². The lowest BCUT2D eigenvalue weighted by Gasteiger charge is -2.38. The molecular formula is C24H19N5O2. The van der Waals surface area contributed by atoms with E-state index < -0.39 is 0 Å². The van der Waals surface area contributed by atoms with Crippen molar-refractivity contribution < 1.29 is 9.84 Å². The summed E-state index contributed by atoms with van der Waals surface area (Å²) in [6.45, 7) is 4.11. The van der Waals surface area contributed by atoms with Crippen molar-refractivity contribution in [3.05, 3.63) is 72.4 Å². The smallest absolute Gasteiger partial charge is 0.154 e. The van der Waals surface area contributed by atoms with Crippen LogP contribution in [-0.2, 0) is 0 Å². The number of nitriles is 1. The highest BCUT2D eigenvalue weighted by atomic mass is 16.5. The number of nitrogens with zero attached hydrogens (tertiary/aromatic N) is 4. The van der Waals surface area contributed by atoms with E-state index in [1.807, 2.05) is 41.3 Å². The van der Waals surface area contributed by atoms with Crippen LogP contribution in [0.2, 0.25) is 0 Å². The summed E-state index contributed by atoms with van der Waals surface area (Å²) in [4.78, 5) is 14.5. The standard InChI is InChI=1S/C24H19N5O2/c1-2-16-5-4-10-26-24(16)29-17(13-30)14-31-22-18(6-3-7-21(22)29)23-27-19-9-8-15(12-25)11-20(19)28-23/h2-11,17,30H,1,13-14H2,(H,27,28)/t17-/m0/s1. The van der Waals surface area contributed by atoms with Gasteiger partial charge in [-0.2, -0.15) is 5.26 Å². The summed E-state index contributed by atoms with van der Waals surface area (Å²) >= 11 is 0. The van der Waals surface area contributed by atoms with Crippen LogP contribution in [0.4, 0.5) is 11.5 Å². The summed E-state index contributed by atoms with van der Waals surface area (Å²) in [6.07, 6.45) is 3.48. The number of hydrogen-bond acceptors (Lipinski definition) is 6. The lowest BCUT2D eigenvalue weighted by atomic mass is 10.1. The van der Waals surface area contributed by atoms with Crippen LogP contribution in [0.1, 0.15) is 11.1 Å². The second-order valence-electron chi connectivity index (χ2n) is 7.22. The van der Waals surface area contributed by atoms with E-state index in [1.165, 1.54) is 0 Å². The van der Waals surface area contributed by atoms with Crippen LogP contribution in [0.15, 0.2) is 61.3 Å². The number of anilines is 2. The predicted molar refractivity (Wildman–Crippen MR) is 119 cm³/mol. The first-order valence-corrected chi connectivity index (χ1v) is 9.87. The minimum atomic E-state index is -0.287. The zero-order valence-electron chi connectivity index (χ0n) is 16.6. The van der Waals surface area contributed by atoms with Crippen molar-refractivity contribution in [2.45, 2.75) is 6.04 Å². The molecule has 2 aromatic heterocycles. The minimum Gasteiger partial charge on any atom is -0.488 e. The van der Waals surface area contributed by atoms with Gasteiger partial charge in [-0.05, 0) is 42.5 Å². The number of aromatic amines is 1. The van der Waals surface area contributed by atoms with Gasteiger partial charge in [-0.1, -0.05) is 18.7 Å². The third-order valence-corrected chi connectivity index (χ3v) is 5.38. The van der Waals surface area contributed by atoms with Gasteiger partial charge >= 0.3 is 0 Å². The van der Waals surface area contributed by atoms with Crippen LogP contribution in [0.5, 0.6) is 5.75 Å². The number of aliphatic hydroxyl groups excluding tert-OH is 1. The van der Waals surface area contributed by atoms with E-state index in [4.69, 9.17) is 15.0 Å². The first kappa shape index (κ1) is 18.9. The lowest BCUT2D eigenvalue weighted by Crippen LogP contribution is -2.43. The van der Waals surface area contributed by atoms with Gasteiger partial charge in [0.05, 0.1) is 46.6 Å². The molecule has 0 saturated carbocycles. The van der Waals surface area contributed by atoms with E-state index >= 15 is 0 Å². The maximum absolute atomic E-state index is 10.0. The lowest BCUT2D eigenvalue weighted by molar-refractivity contribution is 0.195. The zero-order valence-corrected chi connectivity index (χ0v) is 16.6. The number of pyridine rings is 1. The number of aromatic nitrogens is 3. The SMILES string of the molecule is C=Cc1cccnc1N1c2cccc(-c3nc4ccc(C#N)cc4[nH]3)c2OC[C@@H]1CO. The van der Waals surface area contributed by atoms with Crippen LogP contribution in [0.3, 0.4) is 0 Å². The molecule has 0 radical (unpaired) electrons. The molecule has 0 bridgehead atoms. The fourth-order valence-corrected chi connectivity index (χ4v) is 3.90. The minimum absolute atomic E-state index is 0.0849. The number of ether oxygens (including phenoxy) is 1. The van der Waals surface area contributed by atoms with Gasteiger partial charge in [0.15, 0.2) is 5.75 Å². The molecule has 4 aromatic rings. The molecule has 2 N–H and O–H groups in total. The van der Waals surface area contributed by atoms with Crippen molar-refractivity contribution >= 4 is 28.6 Å². The molecule has 1 atom stereocenters. The summed E-state index contributed by atoms with van der Waals surface area (Å²) in [5, 5.41) is 19.2. The van der Waals surface area contributed by atoms with Crippen molar-refractivity contribution in [3.8, 4) is 23.2 Å². The van der Waals surface area contributed by atoms with Gasteiger partial charge in [0, 0.05) is 11.8 Å². The van der Waals surface area contributed by atoms with Gasteiger partial charge in [0.2, 0.25) is 0 Å². The summed E-state index contributed by atoms with van der Waals surface area (Å²) in [6, 6.07) is 16.8. The zero-order chi connectivity index (χ0) is 21.4. The summed E-state index contributed by atoms with van der Waals surface area (Å²) in [5.41, 5.74) is 4.58. The van der Waals surface area contributed by atoms with Crippen LogP contribution >= 0.6 is 0 Å². The topological polar surface area (TPSA) is 98.1 Å². The van der Waals surface area contributed by atoms with Gasteiger partial charge in [-0.25, -0.2) is 9.97 Å². The second-order valence-corrected chi connectivity index (χ2v) is 7.22. The van der Waals surface area contributed by atoms with Crippen molar-refractivity contribution in [1.29, 1.82) is 5.26 Å². The van der Waals surface area contributed by atoms with Crippen molar-refractivity contribution in [2.75, 3.05) is 18.1 Å². The van der Waals surface area contributed by atoms with Gasteiger partial charge in [-0.15, -0.1) is 0 Å².